The zero-order valence-corrected chi connectivity index (χ0v) is 18.5. The fourth-order valence-electron chi connectivity index (χ4n) is 4.11. The Balaban J connectivity index is 2.19. The van der Waals surface area contributed by atoms with Crippen LogP contribution in [0.3, 0.4) is 0 Å². The first kappa shape index (κ1) is 20.6. The highest BCUT2D eigenvalue weighted by Gasteiger charge is 2.43. The second-order valence-corrected chi connectivity index (χ2v) is 8.90. The molecule has 0 unspecified atom stereocenters. The number of methoxy groups -OCH3 is 1. The third-order valence-corrected chi connectivity index (χ3v) is 5.86. The molecule has 0 fully saturated rings. The van der Waals surface area contributed by atoms with Gasteiger partial charge in [-0.1, -0.05) is 19.9 Å². The van der Waals surface area contributed by atoms with Gasteiger partial charge in [0.25, 0.3) is 0 Å². The van der Waals surface area contributed by atoms with Crippen LogP contribution in [0.4, 0.5) is 0 Å². The molecule has 1 aliphatic carbocycles. The number of carbonyl (C=O) groups is 2. The lowest BCUT2D eigenvalue weighted by Gasteiger charge is -2.39. The Hall–Kier alpha value is -2.08. The molecule has 5 nitrogen and oxygen atoms in total. The SMILES string of the molecule is CCOC(=O)C1=C(C)NC2=C(C(=O)CC(C)(C)C2)[C@H]1c1ccc(OC)c(Br)c1. The number of hydrogen-bond donors (Lipinski definition) is 1. The van der Waals surface area contributed by atoms with E-state index < -0.39 is 11.9 Å². The maximum absolute atomic E-state index is 13.2. The number of esters is 1. The normalized spacial score (nSPS) is 21.2. The molecule has 0 bridgehead atoms. The summed E-state index contributed by atoms with van der Waals surface area (Å²) in [4.78, 5) is 26.0. The lowest BCUT2D eigenvalue weighted by molar-refractivity contribution is -0.138. The van der Waals surface area contributed by atoms with Gasteiger partial charge in [0.1, 0.15) is 5.75 Å². The molecule has 0 radical (unpaired) electrons. The molecule has 1 aliphatic heterocycles. The zero-order valence-electron chi connectivity index (χ0n) is 16.9. The topological polar surface area (TPSA) is 64.6 Å². The molecule has 1 heterocycles. The van der Waals surface area contributed by atoms with Gasteiger partial charge in [0.15, 0.2) is 5.78 Å². The van der Waals surface area contributed by atoms with Gasteiger partial charge in [0.2, 0.25) is 0 Å². The van der Waals surface area contributed by atoms with E-state index in [4.69, 9.17) is 9.47 Å². The minimum atomic E-state index is -0.457. The van der Waals surface area contributed by atoms with E-state index in [1.807, 2.05) is 25.1 Å². The number of rotatable bonds is 4. The van der Waals surface area contributed by atoms with Crippen molar-refractivity contribution in [1.29, 1.82) is 0 Å². The van der Waals surface area contributed by atoms with Crippen molar-refractivity contribution < 1.29 is 19.1 Å². The highest BCUT2D eigenvalue weighted by atomic mass is 79.9. The van der Waals surface area contributed by atoms with Gasteiger partial charge in [-0.15, -0.1) is 0 Å². The number of halogens is 1. The highest BCUT2D eigenvalue weighted by molar-refractivity contribution is 9.10. The third-order valence-electron chi connectivity index (χ3n) is 5.24. The standard InChI is InChI=1S/C22H26BrNO4/c1-6-28-21(26)18-12(2)24-15-10-22(3,4)11-16(25)20(15)19(18)13-7-8-17(27-5)14(23)9-13/h7-9,19,24H,6,10-11H2,1-5H3/t19-/m0/s1. The Morgan fingerprint density at radius 1 is 1.32 bits per heavy atom. The van der Waals surface area contributed by atoms with E-state index in [1.165, 1.54) is 0 Å². The van der Waals surface area contributed by atoms with Crippen LogP contribution in [0.1, 0.15) is 52.0 Å². The Bertz CT molecular complexity index is 898. The fraction of sp³-hybridized carbons (Fsp3) is 0.455. The van der Waals surface area contributed by atoms with Gasteiger partial charge >= 0.3 is 5.97 Å². The van der Waals surface area contributed by atoms with E-state index in [0.29, 0.717) is 23.3 Å². The second kappa shape index (κ2) is 7.74. The number of benzene rings is 1. The van der Waals surface area contributed by atoms with Gasteiger partial charge in [-0.05, 0) is 59.3 Å². The van der Waals surface area contributed by atoms with Gasteiger partial charge in [-0.25, -0.2) is 4.79 Å². The van der Waals surface area contributed by atoms with Crippen molar-refractivity contribution in [3.8, 4) is 5.75 Å². The van der Waals surface area contributed by atoms with E-state index in [9.17, 15) is 9.59 Å². The van der Waals surface area contributed by atoms with Crippen molar-refractivity contribution in [3.05, 3.63) is 50.8 Å². The van der Waals surface area contributed by atoms with Crippen LogP contribution in [0.5, 0.6) is 5.75 Å². The average molecular weight is 448 g/mol. The molecular weight excluding hydrogens is 422 g/mol. The predicted octanol–water partition coefficient (Wildman–Crippen LogP) is 4.62. The van der Waals surface area contributed by atoms with E-state index in [0.717, 1.165) is 27.9 Å². The van der Waals surface area contributed by atoms with Gasteiger partial charge in [0.05, 0.1) is 23.8 Å². The maximum Gasteiger partial charge on any atom is 0.336 e. The third kappa shape index (κ3) is 3.75. The monoisotopic (exact) mass is 447 g/mol. The van der Waals surface area contributed by atoms with Crippen LogP contribution in [0.25, 0.3) is 0 Å². The average Bonchev–Trinajstić information content (AvgIpc) is 2.59. The summed E-state index contributed by atoms with van der Waals surface area (Å²) in [5, 5.41) is 3.33. The van der Waals surface area contributed by atoms with Crippen LogP contribution in [-0.4, -0.2) is 25.5 Å². The summed E-state index contributed by atoms with van der Waals surface area (Å²) in [5.41, 5.74) is 3.55. The number of Topliss-reactive ketones (excluding diaryl/α,β-unsaturated/α-hetero) is 1. The molecule has 150 valence electrons. The molecule has 6 heteroatoms. The van der Waals surface area contributed by atoms with Gasteiger partial charge < -0.3 is 14.8 Å². The van der Waals surface area contributed by atoms with Gasteiger partial charge in [-0.2, -0.15) is 0 Å². The van der Waals surface area contributed by atoms with E-state index >= 15 is 0 Å². The van der Waals surface area contributed by atoms with Crippen molar-refractivity contribution in [3.63, 3.8) is 0 Å². The van der Waals surface area contributed by atoms with Crippen LogP contribution in [-0.2, 0) is 14.3 Å². The number of hydrogen-bond acceptors (Lipinski definition) is 5. The van der Waals surface area contributed by atoms with Crippen molar-refractivity contribution >= 4 is 27.7 Å². The van der Waals surface area contributed by atoms with Gasteiger partial charge in [-0.3, -0.25) is 4.79 Å². The first-order valence-corrected chi connectivity index (χ1v) is 10.2. The molecule has 28 heavy (non-hydrogen) atoms. The van der Waals surface area contributed by atoms with Crippen LogP contribution in [0.15, 0.2) is 45.2 Å². The first-order chi connectivity index (χ1) is 13.2. The van der Waals surface area contributed by atoms with Crippen LogP contribution in [0.2, 0.25) is 0 Å². The number of allylic oxidation sites excluding steroid dienone is 3. The second-order valence-electron chi connectivity index (χ2n) is 8.04. The summed E-state index contributed by atoms with van der Waals surface area (Å²) in [5.74, 6) is -0.0823. The zero-order chi connectivity index (χ0) is 20.6. The van der Waals surface area contributed by atoms with E-state index in [-0.39, 0.29) is 17.8 Å². The summed E-state index contributed by atoms with van der Waals surface area (Å²) in [6, 6.07) is 5.67. The molecule has 0 saturated heterocycles. The molecule has 1 aromatic carbocycles. The molecule has 1 N–H and O–H groups in total. The number of nitrogens with one attached hydrogen (secondary N) is 1. The van der Waals surface area contributed by atoms with Crippen molar-refractivity contribution in [2.24, 2.45) is 5.41 Å². The van der Waals surface area contributed by atoms with Gasteiger partial charge in [0, 0.05) is 29.3 Å². The molecule has 3 rings (SSSR count). The van der Waals surface area contributed by atoms with Crippen LogP contribution >= 0.6 is 15.9 Å². The molecule has 0 aromatic heterocycles. The van der Waals surface area contributed by atoms with Crippen molar-refractivity contribution in [2.75, 3.05) is 13.7 Å². The molecular formula is C22H26BrNO4. The number of ketones is 1. The summed E-state index contributed by atoms with van der Waals surface area (Å²) in [6.07, 6.45) is 1.21. The number of ether oxygens (including phenoxy) is 2. The van der Waals surface area contributed by atoms with Crippen LogP contribution < -0.4 is 10.1 Å². The molecule has 0 saturated carbocycles. The first-order valence-electron chi connectivity index (χ1n) is 9.43. The molecule has 1 atom stereocenters. The molecule has 2 aliphatic rings. The lowest BCUT2D eigenvalue weighted by Crippen LogP contribution is -2.38. The van der Waals surface area contributed by atoms with E-state index in [1.54, 1.807) is 14.0 Å². The molecule has 1 aromatic rings. The Kier molecular flexibility index (Phi) is 5.71. The molecule has 0 spiro atoms. The summed E-state index contributed by atoms with van der Waals surface area (Å²) in [6.45, 7) is 8.11. The quantitative estimate of drug-likeness (QED) is 0.681. The predicted molar refractivity (Wildman–Crippen MR) is 111 cm³/mol. The van der Waals surface area contributed by atoms with Crippen molar-refractivity contribution in [1.82, 2.24) is 5.32 Å². The minimum absolute atomic E-state index is 0.0741. The summed E-state index contributed by atoms with van der Waals surface area (Å²) >= 11 is 3.52. The number of carbonyl (C=O) groups excluding carboxylic acids is 2. The highest BCUT2D eigenvalue weighted by Crippen LogP contribution is 2.47. The largest absolute Gasteiger partial charge is 0.496 e. The minimum Gasteiger partial charge on any atom is -0.496 e. The maximum atomic E-state index is 13.2. The Labute approximate surface area is 174 Å². The van der Waals surface area contributed by atoms with Crippen LogP contribution in [0, 0.1) is 5.41 Å². The smallest absolute Gasteiger partial charge is 0.336 e. The summed E-state index contributed by atoms with van der Waals surface area (Å²) < 4.78 is 11.4. The Morgan fingerprint density at radius 3 is 2.64 bits per heavy atom. The Morgan fingerprint density at radius 2 is 2.04 bits per heavy atom. The number of dihydropyridines is 1. The summed E-state index contributed by atoms with van der Waals surface area (Å²) in [7, 11) is 1.60. The van der Waals surface area contributed by atoms with Crippen molar-refractivity contribution in [2.45, 2.75) is 46.5 Å². The lowest BCUT2D eigenvalue weighted by atomic mass is 9.68. The molecule has 0 amide bonds. The fourth-order valence-corrected chi connectivity index (χ4v) is 4.67. The van der Waals surface area contributed by atoms with E-state index in [2.05, 4.69) is 35.1 Å².